The molecule has 0 radical (unpaired) electrons. The maximum atomic E-state index is 12.6. The fraction of sp³-hybridized carbons (Fsp3) is 0.500. The summed E-state index contributed by atoms with van der Waals surface area (Å²) in [5.41, 5.74) is 1.47. The predicted molar refractivity (Wildman–Crippen MR) is 126 cm³/mol. The number of ether oxygens (including phenoxy) is 3. The number of rotatable bonds is 8. The lowest BCUT2D eigenvalue weighted by Crippen LogP contribution is -2.41. The average molecular weight is 467 g/mol. The smallest absolute Gasteiger partial charge is 0.276 e. The van der Waals surface area contributed by atoms with E-state index in [9.17, 15) is 4.79 Å². The summed E-state index contributed by atoms with van der Waals surface area (Å²) in [5, 5.41) is 12.8. The fourth-order valence-electron chi connectivity index (χ4n) is 4.62. The van der Waals surface area contributed by atoms with Crippen molar-refractivity contribution in [2.75, 3.05) is 46.5 Å². The van der Waals surface area contributed by atoms with E-state index in [1.165, 1.54) is 6.42 Å². The molecular weight excluding hydrogens is 436 g/mol. The summed E-state index contributed by atoms with van der Waals surface area (Å²) >= 11 is 0. The molecule has 3 aromatic rings. The van der Waals surface area contributed by atoms with Crippen LogP contribution >= 0.6 is 0 Å². The van der Waals surface area contributed by atoms with Gasteiger partial charge in [0, 0.05) is 49.8 Å². The first-order chi connectivity index (χ1) is 16.7. The van der Waals surface area contributed by atoms with Crippen LogP contribution in [0.4, 0.5) is 0 Å². The van der Waals surface area contributed by atoms with E-state index in [4.69, 9.17) is 14.2 Å². The second-order valence-corrected chi connectivity index (χ2v) is 8.73. The first-order valence-electron chi connectivity index (χ1n) is 11.8. The van der Waals surface area contributed by atoms with Crippen LogP contribution in [0.3, 0.4) is 0 Å². The molecule has 2 aliphatic heterocycles. The third-order valence-corrected chi connectivity index (χ3v) is 6.36. The number of hydrogen-bond donors (Lipinski definition) is 1. The number of nitrogens with zero attached hydrogens (tertiary/aromatic N) is 5. The number of pyridine rings is 2. The van der Waals surface area contributed by atoms with E-state index in [-0.39, 0.29) is 5.56 Å². The minimum absolute atomic E-state index is 0.0379. The highest BCUT2D eigenvalue weighted by molar-refractivity contribution is 5.75. The lowest BCUT2D eigenvalue weighted by Gasteiger charge is -2.33. The molecule has 2 aliphatic rings. The zero-order chi connectivity index (χ0) is 23.3. The number of likely N-dealkylation sites (tertiary alicyclic amines) is 1. The summed E-state index contributed by atoms with van der Waals surface area (Å²) in [6.07, 6.45) is 2.33. The topological polar surface area (TPSA) is 104 Å². The van der Waals surface area contributed by atoms with E-state index in [0.717, 1.165) is 43.7 Å². The van der Waals surface area contributed by atoms with Crippen LogP contribution in [0.5, 0.6) is 17.5 Å². The highest BCUT2D eigenvalue weighted by Crippen LogP contribution is 2.26. The Labute approximate surface area is 197 Å². The summed E-state index contributed by atoms with van der Waals surface area (Å²) in [4.78, 5) is 19.5. The normalized spacial score (nSPS) is 18.2. The lowest BCUT2D eigenvalue weighted by atomic mass is 9.98. The van der Waals surface area contributed by atoms with Crippen LogP contribution in [0.15, 0.2) is 35.1 Å². The lowest BCUT2D eigenvalue weighted by molar-refractivity contribution is 0.161. The maximum Gasteiger partial charge on any atom is 0.276 e. The van der Waals surface area contributed by atoms with E-state index in [1.54, 1.807) is 17.7 Å². The first-order valence-corrected chi connectivity index (χ1v) is 11.8. The molecule has 0 unspecified atom stereocenters. The molecule has 1 N–H and O–H groups in total. The van der Waals surface area contributed by atoms with Gasteiger partial charge in [0.15, 0.2) is 5.75 Å². The number of aromatic nitrogens is 4. The third-order valence-electron chi connectivity index (χ3n) is 6.36. The van der Waals surface area contributed by atoms with Crippen molar-refractivity contribution >= 4 is 11.0 Å². The number of hydrogen-bond acceptors (Lipinski definition) is 9. The van der Waals surface area contributed by atoms with Crippen molar-refractivity contribution < 1.29 is 14.2 Å². The van der Waals surface area contributed by atoms with Gasteiger partial charge in [-0.15, -0.1) is 5.10 Å². The second kappa shape index (κ2) is 10.4. The predicted octanol–water partition coefficient (Wildman–Crippen LogP) is 1.47. The van der Waals surface area contributed by atoms with E-state index in [0.29, 0.717) is 55.4 Å². The van der Waals surface area contributed by atoms with Crippen LogP contribution in [0.1, 0.15) is 18.5 Å². The van der Waals surface area contributed by atoms with Crippen LogP contribution in [-0.4, -0.2) is 71.2 Å². The van der Waals surface area contributed by atoms with Crippen molar-refractivity contribution in [3.8, 4) is 17.5 Å². The summed E-state index contributed by atoms with van der Waals surface area (Å²) < 4.78 is 18.0. The van der Waals surface area contributed by atoms with Gasteiger partial charge in [-0.3, -0.25) is 9.36 Å². The zero-order valence-corrected chi connectivity index (χ0v) is 19.4. The molecule has 180 valence electrons. The van der Waals surface area contributed by atoms with Gasteiger partial charge in [0.05, 0.1) is 12.8 Å². The molecule has 0 saturated carbocycles. The fourth-order valence-corrected chi connectivity index (χ4v) is 4.62. The number of nitrogens with one attached hydrogen (secondary N) is 1. The molecule has 0 aliphatic carbocycles. The highest BCUT2D eigenvalue weighted by atomic mass is 16.6. The van der Waals surface area contributed by atoms with Crippen molar-refractivity contribution in [3.63, 3.8) is 0 Å². The van der Waals surface area contributed by atoms with Gasteiger partial charge in [0.25, 0.3) is 11.4 Å². The molecule has 0 amide bonds. The molecule has 10 heteroatoms. The van der Waals surface area contributed by atoms with Crippen LogP contribution in [0.2, 0.25) is 0 Å². The van der Waals surface area contributed by atoms with E-state index >= 15 is 0 Å². The number of fused-ring (bicyclic) bond motifs is 2. The van der Waals surface area contributed by atoms with Crippen molar-refractivity contribution in [1.82, 2.24) is 30.0 Å². The molecule has 0 spiro atoms. The standard InChI is InChI=1S/C24H30N6O4/c1-32-21-6-4-18-5-7-22(31)30(23(18)26-21)10-9-29-8-2-3-17(16-29)14-25-15-19-13-20-24(28-27-19)34-12-11-33-20/h4-7,13,17,25H,2-3,8-12,14-16H2,1H3/t17-/m0/s1. The first kappa shape index (κ1) is 22.5. The number of piperidine rings is 1. The Morgan fingerprint density at radius 1 is 1.15 bits per heavy atom. The Bertz CT molecular complexity index is 1200. The van der Waals surface area contributed by atoms with E-state index in [1.807, 2.05) is 24.3 Å². The van der Waals surface area contributed by atoms with Crippen LogP contribution in [-0.2, 0) is 13.1 Å². The van der Waals surface area contributed by atoms with Crippen LogP contribution < -0.4 is 25.1 Å². The third kappa shape index (κ3) is 5.13. The van der Waals surface area contributed by atoms with Crippen LogP contribution in [0, 0.1) is 5.92 Å². The van der Waals surface area contributed by atoms with Crippen LogP contribution in [0.25, 0.3) is 11.0 Å². The molecular formula is C24H30N6O4. The Hall–Kier alpha value is -3.24. The molecule has 0 bridgehead atoms. The maximum absolute atomic E-state index is 12.6. The Morgan fingerprint density at radius 2 is 2.03 bits per heavy atom. The van der Waals surface area contributed by atoms with Gasteiger partial charge in [0.1, 0.15) is 18.9 Å². The Morgan fingerprint density at radius 3 is 2.94 bits per heavy atom. The van der Waals surface area contributed by atoms with E-state index in [2.05, 4.69) is 25.4 Å². The SMILES string of the molecule is COc1ccc2ccc(=O)n(CCN3CCC[C@@H](CNCc4cc5c(nn4)OCCO5)C3)c2n1. The van der Waals surface area contributed by atoms with Gasteiger partial charge < -0.3 is 24.4 Å². The molecule has 0 aromatic carbocycles. The highest BCUT2D eigenvalue weighted by Gasteiger charge is 2.20. The molecule has 34 heavy (non-hydrogen) atoms. The van der Waals surface area contributed by atoms with Gasteiger partial charge >= 0.3 is 0 Å². The van der Waals surface area contributed by atoms with Gasteiger partial charge in [-0.2, -0.15) is 10.1 Å². The minimum atomic E-state index is -0.0379. The largest absolute Gasteiger partial charge is 0.484 e. The Kier molecular flexibility index (Phi) is 6.87. The second-order valence-electron chi connectivity index (χ2n) is 8.73. The van der Waals surface area contributed by atoms with Crippen molar-refractivity contribution in [1.29, 1.82) is 0 Å². The summed E-state index contributed by atoms with van der Waals surface area (Å²) in [7, 11) is 1.59. The minimum Gasteiger partial charge on any atom is -0.484 e. The molecule has 1 atom stereocenters. The zero-order valence-electron chi connectivity index (χ0n) is 19.4. The summed E-state index contributed by atoms with van der Waals surface area (Å²) in [6, 6.07) is 9.07. The Balaban J connectivity index is 1.15. The van der Waals surface area contributed by atoms with Gasteiger partial charge in [-0.25, -0.2) is 0 Å². The van der Waals surface area contributed by atoms with E-state index < -0.39 is 0 Å². The molecule has 10 nitrogen and oxygen atoms in total. The number of methoxy groups -OCH3 is 1. The molecule has 3 aromatic heterocycles. The van der Waals surface area contributed by atoms with Crippen molar-refractivity contribution in [3.05, 3.63) is 46.4 Å². The molecule has 5 rings (SSSR count). The summed E-state index contributed by atoms with van der Waals surface area (Å²) in [5.74, 6) is 2.19. The van der Waals surface area contributed by atoms with Gasteiger partial charge in [-0.1, -0.05) is 0 Å². The van der Waals surface area contributed by atoms with Gasteiger partial charge in [0.2, 0.25) is 5.88 Å². The monoisotopic (exact) mass is 466 g/mol. The summed E-state index contributed by atoms with van der Waals surface area (Å²) in [6.45, 7) is 6.04. The van der Waals surface area contributed by atoms with Crippen molar-refractivity contribution in [2.24, 2.45) is 5.92 Å². The average Bonchev–Trinajstić information content (AvgIpc) is 2.88. The molecule has 5 heterocycles. The van der Waals surface area contributed by atoms with Crippen molar-refractivity contribution in [2.45, 2.75) is 25.9 Å². The van der Waals surface area contributed by atoms with Gasteiger partial charge in [-0.05, 0) is 44.0 Å². The quantitative estimate of drug-likeness (QED) is 0.528. The molecule has 1 fully saturated rings. The molecule has 1 saturated heterocycles.